The lowest BCUT2D eigenvalue weighted by Gasteiger charge is -2.18. The van der Waals surface area contributed by atoms with Crippen molar-refractivity contribution in [2.75, 3.05) is 12.8 Å². The molecule has 0 aromatic carbocycles. The molecule has 1 aliphatic rings. The molecule has 4 heteroatoms. The predicted molar refractivity (Wildman–Crippen MR) is 59.4 cm³/mol. The predicted octanol–water partition coefficient (Wildman–Crippen LogP) is 1.29. The molecule has 76 valence electrons. The Kier molecular flexibility index (Phi) is 3.03. The molecule has 0 fully saturated rings. The number of fused-ring (bicyclic) bond motifs is 1. The molecule has 0 unspecified atom stereocenters. The van der Waals surface area contributed by atoms with Crippen LogP contribution in [0.25, 0.3) is 0 Å². The maximum Gasteiger partial charge on any atom is 0.138 e. The van der Waals surface area contributed by atoms with Crippen LogP contribution in [0.1, 0.15) is 22.8 Å². The normalized spacial score (nSPS) is 15.3. The van der Waals surface area contributed by atoms with E-state index in [1.165, 1.54) is 17.0 Å². The lowest BCUT2D eigenvalue weighted by atomic mass is 10.1. The number of nitrogens with one attached hydrogen (secondary N) is 1. The molecule has 0 aliphatic carbocycles. The molecule has 1 aliphatic heterocycles. The van der Waals surface area contributed by atoms with Gasteiger partial charge in [-0.1, -0.05) is 0 Å². The summed E-state index contributed by atoms with van der Waals surface area (Å²) in [5.41, 5.74) is 3.72. The van der Waals surface area contributed by atoms with E-state index in [-0.39, 0.29) is 0 Å². The van der Waals surface area contributed by atoms with Gasteiger partial charge in [0, 0.05) is 12.2 Å². The van der Waals surface area contributed by atoms with Crippen LogP contribution in [0.2, 0.25) is 0 Å². The Morgan fingerprint density at radius 3 is 3.07 bits per heavy atom. The van der Waals surface area contributed by atoms with Crippen LogP contribution in [-0.4, -0.2) is 22.8 Å². The lowest BCUT2D eigenvalue weighted by molar-refractivity contribution is 0.614. The van der Waals surface area contributed by atoms with Gasteiger partial charge < -0.3 is 5.32 Å². The highest BCUT2D eigenvalue weighted by Crippen LogP contribution is 2.16. The number of aromatic nitrogens is 2. The molecule has 0 saturated heterocycles. The zero-order chi connectivity index (χ0) is 9.97. The van der Waals surface area contributed by atoms with Crippen LogP contribution in [-0.2, 0) is 18.7 Å². The molecule has 0 atom stereocenters. The van der Waals surface area contributed by atoms with Crippen molar-refractivity contribution >= 4 is 11.8 Å². The Hall–Kier alpha value is -0.610. The fourth-order valence-electron chi connectivity index (χ4n) is 1.80. The summed E-state index contributed by atoms with van der Waals surface area (Å²) in [5.74, 6) is 1.88. The van der Waals surface area contributed by atoms with Crippen molar-refractivity contribution in [3.63, 3.8) is 0 Å². The smallest absolute Gasteiger partial charge is 0.138 e. The van der Waals surface area contributed by atoms with E-state index in [2.05, 4.69) is 28.5 Å². The van der Waals surface area contributed by atoms with Crippen molar-refractivity contribution in [2.24, 2.45) is 0 Å². The van der Waals surface area contributed by atoms with Crippen LogP contribution < -0.4 is 5.32 Å². The van der Waals surface area contributed by atoms with Gasteiger partial charge >= 0.3 is 0 Å². The maximum absolute atomic E-state index is 4.57. The van der Waals surface area contributed by atoms with E-state index >= 15 is 0 Å². The quantitative estimate of drug-likeness (QED) is 0.796. The molecule has 0 radical (unpaired) electrons. The van der Waals surface area contributed by atoms with E-state index in [9.17, 15) is 0 Å². The van der Waals surface area contributed by atoms with Crippen LogP contribution in [0.5, 0.6) is 0 Å². The molecule has 0 amide bonds. The van der Waals surface area contributed by atoms with Gasteiger partial charge in [-0.3, -0.25) is 0 Å². The summed E-state index contributed by atoms with van der Waals surface area (Å²) in [7, 11) is 0. The van der Waals surface area contributed by atoms with Crippen LogP contribution in [0.15, 0.2) is 0 Å². The fourth-order valence-corrected chi connectivity index (χ4v) is 2.19. The maximum atomic E-state index is 4.57. The number of hydrogen-bond acceptors (Lipinski definition) is 4. The van der Waals surface area contributed by atoms with E-state index in [1.54, 1.807) is 11.8 Å². The first-order valence-electron chi connectivity index (χ1n) is 4.86. The van der Waals surface area contributed by atoms with Crippen LogP contribution in [0.4, 0.5) is 0 Å². The van der Waals surface area contributed by atoms with Crippen molar-refractivity contribution in [3.8, 4) is 0 Å². The van der Waals surface area contributed by atoms with Crippen molar-refractivity contribution in [1.82, 2.24) is 15.3 Å². The Bertz CT molecular complexity index is 338. The van der Waals surface area contributed by atoms with Crippen molar-refractivity contribution in [3.05, 3.63) is 22.8 Å². The molecule has 0 spiro atoms. The third kappa shape index (κ3) is 1.91. The number of thioether (sulfide) groups is 1. The molecular formula is C10H15N3S. The molecule has 1 N–H and O–H groups in total. The summed E-state index contributed by atoms with van der Waals surface area (Å²) >= 11 is 1.77. The number of aryl methyl sites for hydroxylation is 1. The van der Waals surface area contributed by atoms with E-state index < -0.39 is 0 Å². The molecular weight excluding hydrogens is 194 g/mol. The first-order valence-corrected chi connectivity index (χ1v) is 6.25. The Labute approximate surface area is 88.7 Å². The third-order valence-corrected chi connectivity index (χ3v) is 3.01. The van der Waals surface area contributed by atoms with Gasteiger partial charge in [0.15, 0.2) is 0 Å². The van der Waals surface area contributed by atoms with E-state index in [0.717, 1.165) is 31.1 Å². The standard InChI is InChI=1S/C10H15N3S/c1-7-8-3-4-11-5-9(8)13-10(12-7)6-14-2/h11H,3-6H2,1-2H3. The molecule has 2 rings (SSSR count). The molecule has 2 heterocycles. The van der Waals surface area contributed by atoms with Gasteiger partial charge in [0.2, 0.25) is 0 Å². The molecule has 3 nitrogen and oxygen atoms in total. The molecule has 1 aromatic rings. The Morgan fingerprint density at radius 1 is 1.43 bits per heavy atom. The van der Waals surface area contributed by atoms with Crippen LogP contribution >= 0.6 is 11.8 Å². The molecule has 0 saturated carbocycles. The number of hydrogen-bond donors (Lipinski definition) is 1. The van der Waals surface area contributed by atoms with Crippen LogP contribution in [0.3, 0.4) is 0 Å². The van der Waals surface area contributed by atoms with Crippen molar-refractivity contribution < 1.29 is 0 Å². The minimum absolute atomic E-state index is 0.903. The molecule has 14 heavy (non-hydrogen) atoms. The van der Waals surface area contributed by atoms with Gasteiger partial charge in [-0.2, -0.15) is 11.8 Å². The summed E-state index contributed by atoms with van der Waals surface area (Å²) in [4.78, 5) is 9.09. The van der Waals surface area contributed by atoms with Gasteiger partial charge in [0.1, 0.15) is 5.82 Å². The van der Waals surface area contributed by atoms with Crippen molar-refractivity contribution in [1.29, 1.82) is 0 Å². The van der Waals surface area contributed by atoms with E-state index in [4.69, 9.17) is 0 Å². The zero-order valence-electron chi connectivity index (χ0n) is 8.63. The monoisotopic (exact) mass is 209 g/mol. The average molecular weight is 209 g/mol. The molecule has 1 aromatic heterocycles. The minimum atomic E-state index is 0.903. The highest BCUT2D eigenvalue weighted by Gasteiger charge is 2.14. The van der Waals surface area contributed by atoms with Crippen molar-refractivity contribution in [2.45, 2.75) is 25.6 Å². The summed E-state index contributed by atoms with van der Waals surface area (Å²) in [5, 5.41) is 3.34. The summed E-state index contributed by atoms with van der Waals surface area (Å²) in [6, 6.07) is 0. The number of rotatable bonds is 2. The summed E-state index contributed by atoms with van der Waals surface area (Å²) in [6.07, 6.45) is 3.15. The molecule has 0 bridgehead atoms. The van der Waals surface area contributed by atoms with E-state index in [1.807, 2.05) is 0 Å². The second-order valence-corrected chi connectivity index (χ2v) is 4.38. The van der Waals surface area contributed by atoms with E-state index in [0.29, 0.717) is 0 Å². The summed E-state index contributed by atoms with van der Waals surface area (Å²) in [6.45, 7) is 4.05. The lowest BCUT2D eigenvalue weighted by Crippen LogP contribution is -2.26. The van der Waals surface area contributed by atoms with Gasteiger partial charge in [-0.15, -0.1) is 0 Å². The second kappa shape index (κ2) is 4.28. The second-order valence-electron chi connectivity index (χ2n) is 3.51. The Morgan fingerprint density at radius 2 is 2.29 bits per heavy atom. The topological polar surface area (TPSA) is 37.8 Å². The largest absolute Gasteiger partial charge is 0.311 e. The minimum Gasteiger partial charge on any atom is -0.311 e. The number of nitrogens with zero attached hydrogens (tertiary/aromatic N) is 2. The van der Waals surface area contributed by atoms with Gasteiger partial charge in [0.25, 0.3) is 0 Å². The third-order valence-electron chi connectivity index (χ3n) is 2.46. The zero-order valence-corrected chi connectivity index (χ0v) is 9.45. The first kappa shape index (κ1) is 9.93. The average Bonchev–Trinajstić information content (AvgIpc) is 2.18. The highest BCUT2D eigenvalue weighted by atomic mass is 32.2. The first-order chi connectivity index (χ1) is 6.81. The van der Waals surface area contributed by atoms with Gasteiger partial charge in [-0.05, 0) is 31.7 Å². The van der Waals surface area contributed by atoms with Crippen LogP contribution in [0, 0.1) is 6.92 Å². The van der Waals surface area contributed by atoms with Gasteiger partial charge in [-0.25, -0.2) is 9.97 Å². The van der Waals surface area contributed by atoms with Gasteiger partial charge in [0.05, 0.1) is 11.4 Å². The highest BCUT2D eigenvalue weighted by molar-refractivity contribution is 7.97. The SMILES string of the molecule is CSCc1nc(C)c2c(n1)CNCC2. The Balaban J connectivity index is 2.36. The summed E-state index contributed by atoms with van der Waals surface area (Å²) < 4.78 is 0. The fraction of sp³-hybridized carbons (Fsp3) is 0.600.